The van der Waals surface area contributed by atoms with Crippen molar-refractivity contribution in [2.75, 3.05) is 0 Å². The summed E-state index contributed by atoms with van der Waals surface area (Å²) >= 11 is 0. The summed E-state index contributed by atoms with van der Waals surface area (Å²) in [6.07, 6.45) is 0.673. The molecule has 5 rings (SSSR count). The summed E-state index contributed by atoms with van der Waals surface area (Å²) in [4.78, 5) is 12.4. The van der Waals surface area contributed by atoms with Crippen molar-refractivity contribution in [2.24, 2.45) is 0 Å². The number of hydrogen-bond acceptors (Lipinski definition) is 5. The van der Waals surface area contributed by atoms with Crippen LogP contribution in [0.4, 0.5) is 0 Å². The van der Waals surface area contributed by atoms with Crippen molar-refractivity contribution >= 4 is 27.9 Å². The molecular formula is C23H15NO4. The van der Waals surface area contributed by atoms with Gasteiger partial charge in [0.25, 0.3) is 0 Å². The van der Waals surface area contributed by atoms with Crippen molar-refractivity contribution in [1.82, 2.24) is 5.16 Å². The number of rotatable bonds is 4. The van der Waals surface area contributed by atoms with Gasteiger partial charge < -0.3 is 13.7 Å². The number of carbonyl (C=O) groups excluding carboxylic acids is 1. The quantitative estimate of drug-likeness (QED) is 0.314. The molecule has 136 valence electrons. The largest absolute Gasteiger partial charge is 0.449 e. The first-order chi connectivity index (χ1) is 13.8. The average molecular weight is 369 g/mol. The maximum atomic E-state index is 12.4. The molecule has 0 amide bonds. The summed E-state index contributed by atoms with van der Waals surface area (Å²) in [5.41, 5.74) is 3.21. The Bertz CT molecular complexity index is 1250. The summed E-state index contributed by atoms with van der Waals surface area (Å²) in [7, 11) is 0. The van der Waals surface area contributed by atoms with Crippen LogP contribution in [-0.2, 0) is 6.42 Å². The number of esters is 1. The highest BCUT2D eigenvalue weighted by atomic mass is 16.5. The Morgan fingerprint density at radius 1 is 0.893 bits per heavy atom. The van der Waals surface area contributed by atoms with E-state index >= 15 is 0 Å². The number of aromatic nitrogens is 1. The normalized spacial score (nSPS) is 11.1. The van der Waals surface area contributed by atoms with E-state index in [2.05, 4.69) is 5.16 Å². The van der Waals surface area contributed by atoms with Crippen molar-refractivity contribution in [3.05, 3.63) is 95.9 Å². The molecule has 5 nitrogen and oxygen atoms in total. The van der Waals surface area contributed by atoms with E-state index in [9.17, 15) is 4.79 Å². The smallest absolute Gasteiger partial charge is 0.379 e. The molecule has 0 spiro atoms. The lowest BCUT2D eigenvalue weighted by Crippen LogP contribution is -2.06. The molecule has 5 aromatic rings. The van der Waals surface area contributed by atoms with Crippen molar-refractivity contribution in [1.29, 1.82) is 0 Å². The predicted octanol–water partition coefficient (Wildman–Crippen LogP) is 5.38. The molecule has 0 unspecified atom stereocenters. The van der Waals surface area contributed by atoms with Crippen molar-refractivity contribution in [3.8, 4) is 5.75 Å². The third kappa shape index (κ3) is 3.03. The summed E-state index contributed by atoms with van der Waals surface area (Å²) < 4.78 is 16.4. The second-order valence-electron chi connectivity index (χ2n) is 6.49. The molecular weight excluding hydrogens is 354 g/mol. The van der Waals surface area contributed by atoms with Crippen molar-refractivity contribution < 1.29 is 18.5 Å². The van der Waals surface area contributed by atoms with Gasteiger partial charge in [0.15, 0.2) is 5.58 Å². The van der Waals surface area contributed by atoms with Crippen LogP contribution >= 0.6 is 0 Å². The Hall–Kier alpha value is -3.86. The molecule has 0 fully saturated rings. The predicted molar refractivity (Wildman–Crippen MR) is 104 cm³/mol. The first kappa shape index (κ1) is 16.3. The standard InChI is InChI=1S/C23H15NO4/c25-23(22-13-16-8-4-5-9-20(16)27-22)26-17-10-11-18-19(24-28-21(18)14-17)12-15-6-2-1-3-7-15/h1-11,13-14H,12H2. The Morgan fingerprint density at radius 2 is 1.71 bits per heavy atom. The minimum absolute atomic E-state index is 0.156. The van der Waals surface area contributed by atoms with Gasteiger partial charge in [0.2, 0.25) is 5.76 Å². The maximum Gasteiger partial charge on any atom is 0.379 e. The summed E-state index contributed by atoms with van der Waals surface area (Å²) in [6, 6.07) is 24.4. The fraction of sp³-hybridized carbons (Fsp3) is 0.0435. The maximum absolute atomic E-state index is 12.4. The number of hydrogen-bond donors (Lipinski definition) is 0. The van der Waals surface area contributed by atoms with Gasteiger partial charge in [-0.1, -0.05) is 53.7 Å². The Kier molecular flexibility index (Phi) is 3.91. The van der Waals surface area contributed by atoms with Crippen LogP contribution < -0.4 is 4.74 Å². The fourth-order valence-electron chi connectivity index (χ4n) is 3.19. The van der Waals surface area contributed by atoms with Crippen LogP contribution in [-0.4, -0.2) is 11.1 Å². The number of para-hydroxylation sites is 1. The minimum atomic E-state index is -0.556. The first-order valence-electron chi connectivity index (χ1n) is 8.89. The van der Waals surface area contributed by atoms with E-state index in [1.54, 1.807) is 24.3 Å². The molecule has 28 heavy (non-hydrogen) atoms. The zero-order chi connectivity index (χ0) is 18.9. The second-order valence-corrected chi connectivity index (χ2v) is 6.49. The average Bonchev–Trinajstić information content (AvgIpc) is 3.33. The van der Waals surface area contributed by atoms with Crippen molar-refractivity contribution in [2.45, 2.75) is 6.42 Å². The molecule has 2 aromatic heterocycles. The molecule has 5 heteroatoms. The lowest BCUT2D eigenvalue weighted by molar-refractivity contribution is 0.0704. The van der Waals surface area contributed by atoms with Gasteiger partial charge in [-0.15, -0.1) is 0 Å². The summed E-state index contributed by atoms with van der Waals surface area (Å²) in [6.45, 7) is 0. The Balaban J connectivity index is 1.38. The topological polar surface area (TPSA) is 65.5 Å². The molecule has 0 radical (unpaired) electrons. The van der Waals surface area contributed by atoms with Crippen LogP contribution in [0.2, 0.25) is 0 Å². The molecule has 0 atom stereocenters. The van der Waals surface area contributed by atoms with Gasteiger partial charge in [-0.05, 0) is 29.8 Å². The van der Waals surface area contributed by atoms with Gasteiger partial charge in [-0.25, -0.2) is 4.79 Å². The van der Waals surface area contributed by atoms with Gasteiger partial charge in [0.05, 0.1) is 5.69 Å². The van der Waals surface area contributed by atoms with E-state index in [0.29, 0.717) is 23.3 Å². The molecule has 0 bridgehead atoms. The third-order valence-electron chi connectivity index (χ3n) is 4.57. The molecule has 2 heterocycles. The number of benzene rings is 3. The van der Waals surface area contributed by atoms with Crippen LogP contribution in [0.3, 0.4) is 0 Å². The zero-order valence-electron chi connectivity index (χ0n) is 14.8. The van der Waals surface area contributed by atoms with Gasteiger partial charge in [0, 0.05) is 23.3 Å². The summed E-state index contributed by atoms with van der Waals surface area (Å²) in [5, 5.41) is 5.91. The van der Waals surface area contributed by atoms with Gasteiger partial charge in [-0.3, -0.25) is 0 Å². The Labute approximate surface area is 160 Å². The number of ether oxygens (including phenoxy) is 1. The number of carbonyl (C=O) groups is 1. The zero-order valence-corrected chi connectivity index (χ0v) is 14.8. The van der Waals surface area contributed by atoms with E-state index in [-0.39, 0.29) is 5.76 Å². The monoisotopic (exact) mass is 369 g/mol. The highest BCUT2D eigenvalue weighted by Crippen LogP contribution is 2.26. The van der Waals surface area contributed by atoms with Crippen LogP contribution in [0, 0.1) is 0 Å². The van der Waals surface area contributed by atoms with E-state index in [0.717, 1.165) is 22.0 Å². The van der Waals surface area contributed by atoms with E-state index < -0.39 is 5.97 Å². The third-order valence-corrected chi connectivity index (χ3v) is 4.57. The van der Waals surface area contributed by atoms with E-state index in [1.807, 2.05) is 54.6 Å². The molecule has 0 N–H and O–H groups in total. The number of furan rings is 1. The van der Waals surface area contributed by atoms with Crippen LogP contribution in [0.5, 0.6) is 5.75 Å². The van der Waals surface area contributed by atoms with Gasteiger partial charge in [-0.2, -0.15) is 0 Å². The Morgan fingerprint density at radius 3 is 2.57 bits per heavy atom. The van der Waals surface area contributed by atoms with Crippen LogP contribution in [0.15, 0.2) is 87.8 Å². The molecule has 0 aliphatic heterocycles. The number of nitrogens with zero attached hydrogens (tertiary/aromatic N) is 1. The van der Waals surface area contributed by atoms with Crippen molar-refractivity contribution in [3.63, 3.8) is 0 Å². The second kappa shape index (κ2) is 6.70. The lowest BCUT2D eigenvalue weighted by Gasteiger charge is -2.02. The SMILES string of the molecule is O=C(Oc1ccc2c(Cc3ccccc3)noc2c1)c1cc2ccccc2o1. The minimum Gasteiger partial charge on any atom is -0.449 e. The molecule has 3 aromatic carbocycles. The molecule has 0 saturated carbocycles. The lowest BCUT2D eigenvalue weighted by atomic mass is 10.1. The van der Waals surface area contributed by atoms with Gasteiger partial charge in [0.1, 0.15) is 11.3 Å². The van der Waals surface area contributed by atoms with Gasteiger partial charge >= 0.3 is 5.97 Å². The fourth-order valence-corrected chi connectivity index (χ4v) is 3.19. The molecule has 0 saturated heterocycles. The highest BCUT2D eigenvalue weighted by Gasteiger charge is 2.16. The molecule has 0 aliphatic carbocycles. The van der Waals surface area contributed by atoms with Crippen LogP contribution in [0.25, 0.3) is 21.9 Å². The first-order valence-corrected chi connectivity index (χ1v) is 8.89. The van der Waals surface area contributed by atoms with E-state index in [4.69, 9.17) is 13.7 Å². The van der Waals surface area contributed by atoms with E-state index in [1.165, 1.54) is 0 Å². The summed E-state index contributed by atoms with van der Waals surface area (Å²) in [5.74, 6) is -0.0245. The highest BCUT2D eigenvalue weighted by molar-refractivity contribution is 5.94. The number of fused-ring (bicyclic) bond motifs is 2. The molecule has 0 aliphatic rings. The van der Waals surface area contributed by atoms with Crippen LogP contribution in [0.1, 0.15) is 21.8 Å².